The lowest BCUT2D eigenvalue weighted by Gasteiger charge is -2.12. The smallest absolute Gasteiger partial charge is 0.0726 e. The monoisotopic (exact) mass is 229 g/mol. The molecule has 0 atom stereocenters. The Hall–Kier alpha value is -1.61. The molecule has 0 unspecified atom stereocenters. The fourth-order valence-electron chi connectivity index (χ4n) is 1.80. The molecular formula is C14H19N3. The molecule has 0 saturated heterocycles. The lowest BCUT2D eigenvalue weighted by Crippen LogP contribution is -2.09. The first kappa shape index (κ1) is 11.9. The van der Waals surface area contributed by atoms with Crippen molar-refractivity contribution < 1.29 is 0 Å². The van der Waals surface area contributed by atoms with Crippen LogP contribution in [0.3, 0.4) is 0 Å². The predicted molar refractivity (Wildman–Crippen MR) is 73.0 cm³/mol. The van der Waals surface area contributed by atoms with Crippen LogP contribution in [0.1, 0.15) is 19.5 Å². The van der Waals surface area contributed by atoms with Crippen LogP contribution < -0.4 is 11.1 Å². The number of para-hydroxylation sites is 1. The van der Waals surface area contributed by atoms with Crippen molar-refractivity contribution in [1.29, 1.82) is 0 Å². The zero-order valence-electron chi connectivity index (χ0n) is 10.4. The molecule has 0 radical (unpaired) electrons. The van der Waals surface area contributed by atoms with Gasteiger partial charge in [0.05, 0.1) is 11.2 Å². The Balaban J connectivity index is 2.43. The Morgan fingerprint density at radius 1 is 1.29 bits per heavy atom. The van der Waals surface area contributed by atoms with Crippen LogP contribution in [-0.2, 0) is 6.54 Å². The minimum atomic E-state index is 0.473. The average molecular weight is 229 g/mol. The van der Waals surface area contributed by atoms with Gasteiger partial charge in [0.25, 0.3) is 0 Å². The zero-order chi connectivity index (χ0) is 12.3. The highest BCUT2D eigenvalue weighted by Gasteiger charge is 2.04. The molecular weight excluding hydrogens is 210 g/mol. The van der Waals surface area contributed by atoms with E-state index >= 15 is 0 Å². The maximum absolute atomic E-state index is 5.68. The Morgan fingerprint density at radius 2 is 2.06 bits per heavy atom. The number of nitrogens with two attached hydrogens (primary N) is 1. The first-order valence-electron chi connectivity index (χ1n) is 6.03. The largest absolute Gasteiger partial charge is 0.384 e. The van der Waals surface area contributed by atoms with Gasteiger partial charge in [0, 0.05) is 24.2 Å². The molecule has 2 rings (SSSR count). The van der Waals surface area contributed by atoms with E-state index in [1.807, 2.05) is 24.3 Å². The first-order valence-corrected chi connectivity index (χ1v) is 6.03. The van der Waals surface area contributed by atoms with Gasteiger partial charge in [-0.2, -0.15) is 0 Å². The lowest BCUT2D eigenvalue weighted by molar-refractivity contribution is 0.689. The van der Waals surface area contributed by atoms with Crippen LogP contribution in [0.4, 0.5) is 5.69 Å². The summed E-state index contributed by atoms with van der Waals surface area (Å²) in [5, 5.41) is 4.62. The Bertz CT molecular complexity index is 506. The number of hydrogen-bond donors (Lipinski definition) is 2. The van der Waals surface area contributed by atoms with Crippen LogP contribution in [0.2, 0.25) is 0 Å². The van der Waals surface area contributed by atoms with Gasteiger partial charge in [-0.1, -0.05) is 32.0 Å². The maximum Gasteiger partial charge on any atom is 0.0726 e. The van der Waals surface area contributed by atoms with Gasteiger partial charge in [-0.25, -0.2) is 0 Å². The van der Waals surface area contributed by atoms with Gasteiger partial charge in [0.2, 0.25) is 0 Å². The van der Waals surface area contributed by atoms with E-state index in [0.717, 1.165) is 28.8 Å². The third-order valence-electron chi connectivity index (χ3n) is 2.68. The predicted octanol–water partition coefficient (Wildman–Crippen LogP) is 2.76. The third kappa shape index (κ3) is 2.74. The molecule has 90 valence electrons. The summed E-state index contributed by atoms with van der Waals surface area (Å²) in [6, 6.07) is 10.2. The Morgan fingerprint density at radius 3 is 2.76 bits per heavy atom. The van der Waals surface area contributed by atoms with E-state index in [0.29, 0.717) is 12.5 Å². The van der Waals surface area contributed by atoms with E-state index in [4.69, 9.17) is 5.73 Å². The molecule has 1 aromatic carbocycles. The van der Waals surface area contributed by atoms with Gasteiger partial charge >= 0.3 is 0 Å². The quantitative estimate of drug-likeness (QED) is 0.847. The van der Waals surface area contributed by atoms with Crippen molar-refractivity contribution in [3.63, 3.8) is 0 Å². The topological polar surface area (TPSA) is 50.9 Å². The second-order valence-corrected chi connectivity index (χ2v) is 4.66. The number of fused-ring (bicyclic) bond motifs is 1. The molecule has 3 N–H and O–H groups in total. The van der Waals surface area contributed by atoms with E-state index in [1.54, 1.807) is 0 Å². The molecule has 0 aliphatic carbocycles. The minimum absolute atomic E-state index is 0.473. The van der Waals surface area contributed by atoms with Crippen molar-refractivity contribution in [3.05, 3.63) is 36.0 Å². The molecule has 0 saturated carbocycles. The van der Waals surface area contributed by atoms with Gasteiger partial charge in [-0.3, -0.25) is 4.98 Å². The summed E-state index contributed by atoms with van der Waals surface area (Å²) >= 11 is 0. The standard InChI is InChI=1S/C14H19N3/c1-10(2)9-16-14-7-11(8-15)17-13-6-4-3-5-12(13)14/h3-7,10H,8-9,15H2,1-2H3,(H,16,17). The number of pyridine rings is 1. The zero-order valence-corrected chi connectivity index (χ0v) is 10.4. The Labute approximate surface area is 102 Å². The first-order chi connectivity index (χ1) is 8.20. The molecule has 1 aromatic heterocycles. The Kier molecular flexibility index (Phi) is 3.59. The second kappa shape index (κ2) is 5.15. The van der Waals surface area contributed by atoms with Gasteiger partial charge in [0.15, 0.2) is 0 Å². The van der Waals surface area contributed by atoms with E-state index in [9.17, 15) is 0 Å². The van der Waals surface area contributed by atoms with Crippen molar-refractivity contribution in [2.75, 3.05) is 11.9 Å². The fraction of sp³-hybridized carbons (Fsp3) is 0.357. The number of nitrogens with zero attached hydrogens (tertiary/aromatic N) is 1. The van der Waals surface area contributed by atoms with Crippen molar-refractivity contribution in [1.82, 2.24) is 4.98 Å². The number of nitrogens with one attached hydrogen (secondary N) is 1. The van der Waals surface area contributed by atoms with Crippen LogP contribution in [0.15, 0.2) is 30.3 Å². The molecule has 2 aromatic rings. The van der Waals surface area contributed by atoms with Crippen LogP contribution in [0.5, 0.6) is 0 Å². The van der Waals surface area contributed by atoms with Gasteiger partial charge < -0.3 is 11.1 Å². The summed E-state index contributed by atoms with van der Waals surface area (Å²) in [5.74, 6) is 0.614. The highest BCUT2D eigenvalue weighted by molar-refractivity contribution is 5.91. The molecule has 0 aliphatic rings. The van der Waals surface area contributed by atoms with E-state index in [1.165, 1.54) is 0 Å². The maximum atomic E-state index is 5.68. The number of hydrogen-bond acceptors (Lipinski definition) is 3. The minimum Gasteiger partial charge on any atom is -0.384 e. The van der Waals surface area contributed by atoms with E-state index in [2.05, 4.69) is 30.2 Å². The highest BCUT2D eigenvalue weighted by Crippen LogP contribution is 2.23. The molecule has 0 spiro atoms. The average Bonchev–Trinajstić information content (AvgIpc) is 2.35. The van der Waals surface area contributed by atoms with Crippen LogP contribution in [0, 0.1) is 5.92 Å². The SMILES string of the molecule is CC(C)CNc1cc(CN)nc2ccccc12. The molecule has 3 nitrogen and oxygen atoms in total. The van der Waals surface area contributed by atoms with Crippen LogP contribution in [-0.4, -0.2) is 11.5 Å². The lowest BCUT2D eigenvalue weighted by atomic mass is 10.1. The van der Waals surface area contributed by atoms with Gasteiger partial charge in [-0.05, 0) is 18.1 Å². The molecule has 0 fully saturated rings. The fourth-order valence-corrected chi connectivity index (χ4v) is 1.80. The summed E-state index contributed by atoms with van der Waals surface area (Å²) in [4.78, 5) is 4.52. The van der Waals surface area contributed by atoms with Gasteiger partial charge in [-0.15, -0.1) is 0 Å². The van der Waals surface area contributed by atoms with Crippen LogP contribution in [0.25, 0.3) is 10.9 Å². The molecule has 1 heterocycles. The normalized spacial score (nSPS) is 11.1. The number of benzene rings is 1. The summed E-state index contributed by atoms with van der Waals surface area (Å²) in [5.41, 5.74) is 8.73. The molecule has 0 aliphatic heterocycles. The summed E-state index contributed by atoms with van der Waals surface area (Å²) in [6.45, 7) is 5.82. The van der Waals surface area contributed by atoms with Crippen molar-refractivity contribution in [2.45, 2.75) is 20.4 Å². The van der Waals surface area contributed by atoms with E-state index in [-0.39, 0.29) is 0 Å². The van der Waals surface area contributed by atoms with E-state index < -0.39 is 0 Å². The number of aromatic nitrogens is 1. The molecule has 0 amide bonds. The van der Waals surface area contributed by atoms with Crippen LogP contribution >= 0.6 is 0 Å². The molecule has 3 heteroatoms. The van der Waals surface area contributed by atoms with Crippen molar-refractivity contribution in [3.8, 4) is 0 Å². The summed E-state index contributed by atoms with van der Waals surface area (Å²) in [6.07, 6.45) is 0. The number of rotatable bonds is 4. The third-order valence-corrected chi connectivity index (χ3v) is 2.68. The second-order valence-electron chi connectivity index (χ2n) is 4.66. The number of anilines is 1. The highest BCUT2D eigenvalue weighted by atomic mass is 14.9. The summed E-state index contributed by atoms with van der Waals surface area (Å²) < 4.78 is 0. The van der Waals surface area contributed by atoms with Crippen molar-refractivity contribution in [2.24, 2.45) is 11.7 Å². The van der Waals surface area contributed by atoms with Crippen molar-refractivity contribution >= 4 is 16.6 Å². The molecule has 0 bridgehead atoms. The van der Waals surface area contributed by atoms with Gasteiger partial charge in [0.1, 0.15) is 0 Å². The molecule has 17 heavy (non-hydrogen) atoms. The summed E-state index contributed by atoms with van der Waals surface area (Å²) in [7, 11) is 0.